The fraction of sp³-hybridized carbons (Fsp3) is 0.632. The van der Waals surface area contributed by atoms with Crippen molar-refractivity contribution in [2.75, 3.05) is 0 Å². The van der Waals surface area contributed by atoms with Gasteiger partial charge in [-0.15, -0.1) is 0 Å². The Morgan fingerprint density at radius 2 is 1.48 bits per heavy atom. The molecule has 0 aromatic carbocycles. The number of pyridine rings is 1. The van der Waals surface area contributed by atoms with E-state index in [2.05, 4.69) is 44.5 Å². The third-order valence-corrected chi connectivity index (χ3v) is 20.2. The van der Waals surface area contributed by atoms with Crippen LogP contribution in [0.4, 0.5) is 0 Å². The molecular weight excluding hydrogens is 361 g/mol. The van der Waals surface area contributed by atoms with Gasteiger partial charge in [0.1, 0.15) is 0 Å². The Bertz CT molecular complexity index is 378. The molecule has 1 aromatic heterocycles. The summed E-state index contributed by atoms with van der Waals surface area (Å²) in [5.74, 6) is 0. The molecule has 0 aliphatic rings. The van der Waals surface area contributed by atoms with Gasteiger partial charge in [-0.05, 0) is 0 Å². The van der Waals surface area contributed by atoms with Gasteiger partial charge in [-0.3, -0.25) is 0 Å². The fourth-order valence-electron chi connectivity index (χ4n) is 3.19. The van der Waals surface area contributed by atoms with E-state index in [4.69, 9.17) is 0 Å². The Morgan fingerprint density at radius 1 is 0.952 bits per heavy atom. The predicted octanol–water partition coefficient (Wildman–Crippen LogP) is 6.48. The van der Waals surface area contributed by atoms with E-state index in [1.807, 2.05) is 12.3 Å². The molecule has 0 radical (unpaired) electrons. The molecule has 21 heavy (non-hydrogen) atoms. The Morgan fingerprint density at radius 3 is 1.86 bits per heavy atom. The zero-order chi connectivity index (χ0) is 15.6. The first-order valence-electron chi connectivity index (χ1n) is 8.81. The number of nitrogens with zero attached hydrogens (tertiary/aromatic N) is 1. The van der Waals surface area contributed by atoms with Gasteiger partial charge in [-0.2, -0.15) is 0 Å². The SMILES string of the molecule is C=[C](c1ccccn1)[Sn]([CH2]CCC)([CH2]CCC)[CH2]CCC. The van der Waals surface area contributed by atoms with Crippen molar-refractivity contribution in [2.45, 2.75) is 72.6 Å². The van der Waals surface area contributed by atoms with Crippen LogP contribution in [0.5, 0.6) is 0 Å². The topological polar surface area (TPSA) is 12.9 Å². The van der Waals surface area contributed by atoms with E-state index in [-0.39, 0.29) is 0 Å². The van der Waals surface area contributed by atoms with Gasteiger partial charge < -0.3 is 0 Å². The van der Waals surface area contributed by atoms with Crippen molar-refractivity contribution >= 4 is 22.0 Å². The van der Waals surface area contributed by atoms with Crippen LogP contribution < -0.4 is 0 Å². The maximum atomic E-state index is 4.62. The first-order valence-corrected chi connectivity index (χ1v) is 16.3. The molecule has 1 rings (SSSR count). The Labute approximate surface area is 136 Å². The van der Waals surface area contributed by atoms with Crippen molar-refractivity contribution in [3.8, 4) is 0 Å². The van der Waals surface area contributed by atoms with Crippen LogP contribution in [0.3, 0.4) is 0 Å². The fourth-order valence-corrected chi connectivity index (χ4v) is 18.7. The van der Waals surface area contributed by atoms with Gasteiger partial charge in [0, 0.05) is 0 Å². The average Bonchev–Trinajstić information content (AvgIpc) is 2.55. The molecule has 0 unspecified atom stereocenters. The normalized spacial score (nSPS) is 11.6. The van der Waals surface area contributed by atoms with Gasteiger partial charge in [0.25, 0.3) is 0 Å². The summed E-state index contributed by atoms with van der Waals surface area (Å²) < 4.78 is 5.90. The molecule has 0 saturated heterocycles. The van der Waals surface area contributed by atoms with Crippen LogP contribution >= 0.6 is 0 Å². The summed E-state index contributed by atoms with van der Waals surface area (Å²) in [6.45, 7) is 11.5. The number of hydrogen-bond donors (Lipinski definition) is 0. The summed E-state index contributed by atoms with van der Waals surface area (Å²) >= 11 is -2.34. The average molecular weight is 394 g/mol. The molecule has 0 saturated carbocycles. The summed E-state index contributed by atoms with van der Waals surface area (Å²) in [5, 5.41) is 0. The Hall–Kier alpha value is -0.311. The quantitative estimate of drug-likeness (QED) is 0.392. The number of unbranched alkanes of at least 4 members (excludes halogenated alkanes) is 3. The molecule has 1 nitrogen and oxygen atoms in total. The molecule has 0 aliphatic heterocycles. The van der Waals surface area contributed by atoms with Crippen LogP contribution in [0, 0.1) is 0 Å². The van der Waals surface area contributed by atoms with Gasteiger partial charge in [-0.1, -0.05) is 0 Å². The minimum atomic E-state index is -2.34. The molecule has 0 amide bonds. The van der Waals surface area contributed by atoms with Gasteiger partial charge >= 0.3 is 136 Å². The summed E-state index contributed by atoms with van der Waals surface area (Å²) in [5.41, 5.74) is 1.19. The molecule has 0 atom stereocenters. The second-order valence-corrected chi connectivity index (χ2v) is 19.6. The van der Waals surface area contributed by atoms with E-state index in [1.54, 1.807) is 0 Å². The van der Waals surface area contributed by atoms with E-state index in [0.717, 1.165) is 0 Å². The zero-order valence-electron chi connectivity index (χ0n) is 14.3. The molecule has 1 aromatic rings. The van der Waals surface area contributed by atoms with Gasteiger partial charge in [0.05, 0.1) is 0 Å². The zero-order valence-corrected chi connectivity index (χ0v) is 17.2. The van der Waals surface area contributed by atoms with E-state index < -0.39 is 18.4 Å². The second-order valence-electron chi connectivity index (χ2n) is 6.28. The van der Waals surface area contributed by atoms with Crippen molar-refractivity contribution in [1.82, 2.24) is 4.98 Å². The van der Waals surface area contributed by atoms with Gasteiger partial charge in [0.15, 0.2) is 0 Å². The predicted molar refractivity (Wildman–Crippen MR) is 98.2 cm³/mol. The van der Waals surface area contributed by atoms with E-state index >= 15 is 0 Å². The molecule has 2 heteroatoms. The van der Waals surface area contributed by atoms with Crippen LogP contribution in [0.1, 0.15) is 65.0 Å². The molecule has 1 heterocycles. The molecule has 0 aliphatic carbocycles. The second kappa shape index (κ2) is 10.4. The third kappa shape index (κ3) is 5.77. The molecular formula is C19H33NSn. The van der Waals surface area contributed by atoms with Crippen LogP contribution in [0.25, 0.3) is 3.59 Å². The van der Waals surface area contributed by atoms with E-state index in [9.17, 15) is 0 Å². The standard InChI is InChI=1S/C7H6N.3C4H9.Sn/c1-2-7-5-3-4-6-8-7;3*1-3-4-2;/h3-6H,1H2;3*1,3-4H2,2H3;. The number of rotatable bonds is 11. The van der Waals surface area contributed by atoms with Crippen molar-refractivity contribution in [3.63, 3.8) is 0 Å². The molecule has 0 spiro atoms. The minimum absolute atomic E-state index is 1.19. The molecule has 118 valence electrons. The van der Waals surface area contributed by atoms with Crippen LogP contribution in [-0.2, 0) is 0 Å². The molecule has 0 bridgehead atoms. The van der Waals surface area contributed by atoms with Crippen molar-refractivity contribution in [3.05, 3.63) is 36.7 Å². The third-order valence-electron chi connectivity index (χ3n) is 4.64. The summed E-state index contributed by atoms with van der Waals surface area (Å²) in [6.07, 6.45) is 10.0. The van der Waals surface area contributed by atoms with Gasteiger partial charge in [-0.25, -0.2) is 0 Å². The number of aromatic nitrogens is 1. The number of hydrogen-bond acceptors (Lipinski definition) is 1. The van der Waals surface area contributed by atoms with Crippen LogP contribution in [0.2, 0.25) is 13.3 Å². The molecule has 0 N–H and O–H groups in total. The van der Waals surface area contributed by atoms with Crippen LogP contribution in [-0.4, -0.2) is 23.4 Å². The molecule has 0 fully saturated rings. The van der Waals surface area contributed by atoms with Gasteiger partial charge in [0.2, 0.25) is 0 Å². The summed E-state index contributed by atoms with van der Waals surface area (Å²) in [6, 6.07) is 6.31. The first kappa shape index (κ1) is 18.7. The van der Waals surface area contributed by atoms with Crippen LogP contribution in [0.15, 0.2) is 31.0 Å². The summed E-state index contributed by atoms with van der Waals surface area (Å²) in [4.78, 5) is 4.62. The van der Waals surface area contributed by atoms with Crippen molar-refractivity contribution in [1.29, 1.82) is 0 Å². The monoisotopic (exact) mass is 395 g/mol. The van der Waals surface area contributed by atoms with E-state index in [1.165, 1.54) is 61.1 Å². The van der Waals surface area contributed by atoms with Crippen molar-refractivity contribution < 1.29 is 0 Å². The maximum absolute atomic E-state index is 4.62. The Balaban J connectivity index is 3.02. The van der Waals surface area contributed by atoms with Crippen molar-refractivity contribution in [2.24, 2.45) is 0 Å². The summed E-state index contributed by atoms with van der Waals surface area (Å²) in [7, 11) is 0. The first-order chi connectivity index (χ1) is 10.2. The Kier molecular flexibility index (Phi) is 9.30. The van der Waals surface area contributed by atoms with E-state index in [0.29, 0.717) is 0 Å².